The van der Waals surface area contributed by atoms with Crippen LogP contribution >= 0.6 is 0 Å². The van der Waals surface area contributed by atoms with Crippen molar-refractivity contribution in [3.63, 3.8) is 0 Å². The Labute approximate surface area is 99.3 Å². The van der Waals surface area contributed by atoms with E-state index in [2.05, 4.69) is 10.6 Å². The Bertz CT molecular complexity index is 348. The lowest BCUT2D eigenvalue weighted by Crippen LogP contribution is -2.41. The van der Waals surface area contributed by atoms with Gasteiger partial charge in [-0.2, -0.15) is 0 Å². The lowest BCUT2D eigenvalue weighted by Gasteiger charge is -2.05. The number of carbonyl (C=O) groups is 2. The van der Waals surface area contributed by atoms with Crippen molar-refractivity contribution < 1.29 is 18.7 Å². The van der Waals surface area contributed by atoms with E-state index in [1.54, 1.807) is 12.5 Å². The normalized spacial score (nSPS) is 9.94. The van der Waals surface area contributed by atoms with Gasteiger partial charge in [-0.25, -0.2) is 0 Å². The maximum Gasteiger partial charge on any atom is 0.309 e. The second kappa shape index (κ2) is 7.45. The van der Waals surface area contributed by atoms with Crippen LogP contribution in [0.3, 0.4) is 0 Å². The molecule has 0 saturated heterocycles. The lowest BCUT2D eigenvalue weighted by atomic mass is 10.2. The fourth-order valence-corrected chi connectivity index (χ4v) is 1.18. The summed E-state index contributed by atoms with van der Waals surface area (Å²) in [5, 5.41) is 4.95. The van der Waals surface area contributed by atoms with Crippen LogP contribution in [0.25, 0.3) is 0 Å². The van der Waals surface area contributed by atoms with E-state index in [1.807, 2.05) is 6.07 Å². The molecule has 0 unspecified atom stereocenters. The first-order chi connectivity index (χ1) is 8.24. The monoisotopic (exact) mass is 240 g/mol. The molecule has 1 rings (SSSR count). The van der Waals surface area contributed by atoms with Crippen molar-refractivity contribution in [2.75, 3.05) is 26.8 Å². The minimum Gasteiger partial charge on any atom is -0.472 e. The van der Waals surface area contributed by atoms with E-state index in [-0.39, 0.29) is 0 Å². The van der Waals surface area contributed by atoms with Crippen LogP contribution in [0, 0.1) is 0 Å². The number of hydrogen-bond donors (Lipinski definition) is 2. The number of ether oxygens (including phenoxy) is 1. The average Bonchev–Trinajstić information content (AvgIpc) is 2.82. The van der Waals surface area contributed by atoms with Gasteiger partial charge in [0.25, 0.3) is 0 Å². The molecule has 1 heterocycles. The van der Waals surface area contributed by atoms with Crippen molar-refractivity contribution in [3.05, 3.63) is 24.2 Å². The number of carbonyl (C=O) groups excluding carboxylic acids is 2. The van der Waals surface area contributed by atoms with Gasteiger partial charge < -0.3 is 19.8 Å². The molecule has 2 amide bonds. The van der Waals surface area contributed by atoms with Gasteiger partial charge in [0.05, 0.1) is 19.1 Å². The molecular formula is C11H16N2O4. The quantitative estimate of drug-likeness (QED) is 0.528. The molecule has 1 aromatic rings. The van der Waals surface area contributed by atoms with Crippen LogP contribution in [0.15, 0.2) is 23.0 Å². The fraction of sp³-hybridized carbons (Fsp3) is 0.455. The van der Waals surface area contributed by atoms with Crippen LogP contribution < -0.4 is 10.6 Å². The molecule has 94 valence electrons. The van der Waals surface area contributed by atoms with Crippen molar-refractivity contribution in [2.45, 2.75) is 6.42 Å². The number of rotatable bonds is 6. The maximum absolute atomic E-state index is 11.3. The Morgan fingerprint density at radius 3 is 2.59 bits per heavy atom. The van der Waals surface area contributed by atoms with Gasteiger partial charge in [0.15, 0.2) is 0 Å². The van der Waals surface area contributed by atoms with E-state index in [0.717, 1.165) is 5.56 Å². The number of hydrogen-bond acceptors (Lipinski definition) is 4. The highest BCUT2D eigenvalue weighted by Crippen LogP contribution is 1.99. The Balaban J connectivity index is 2.13. The summed E-state index contributed by atoms with van der Waals surface area (Å²) in [5.74, 6) is -1.28. The third-order valence-electron chi connectivity index (χ3n) is 2.08. The van der Waals surface area contributed by atoms with Crippen molar-refractivity contribution in [3.8, 4) is 0 Å². The van der Waals surface area contributed by atoms with Crippen molar-refractivity contribution >= 4 is 11.8 Å². The molecule has 0 bridgehead atoms. The van der Waals surface area contributed by atoms with E-state index in [0.29, 0.717) is 26.1 Å². The molecule has 0 spiro atoms. The van der Waals surface area contributed by atoms with Crippen LogP contribution in [0.5, 0.6) is 0 Å². The summed E-state index contributed by atoms with van der Waals surface area (Å²) in [4.78, 5) is 22.5. The Hall–Kier alpha value is -1.82. The summed E-state index contributed by atoms with van der Waals surface area (Å²) in [7, 11) is 1.52. The van der Waals surface area contributed by atoms with Gasteiger partial charge in [-0.15, -0.1) is 0 Å². The molecule has 0 aromatic carbocycles. The largest absolute Gasteiger partial charge is 0.472 e. The Kier molecular flexibility index (Phi) is 5.81. The van der Waals surface area contributed by atoms with E-state index in [4.69, 9.17) is 9.15 Å². The van der Waals surface area contributed by atoms with E-state index in [1.165, 1.54) is 7.11 Å². The number of amides is 2. The molecular weight excluding hydrogens is 224 g/mol. The average molecular weight is 240 g/mol. The van der Waals surface area contributed by atoms with Crippen molar-refractivity contribution in [1.82, 2.24) is 10.6 Å². The van der Waals surface area contributed by atoms with Crippen LogP contribution in [-0.2, 0) is 20.7 Å². The molecule has 0 aliphatic heterocycles. The molecule has 17 heavy (non-hydrogen) atoms. The van der Waals surface area contributed by atoms with Gasteiger partial charge in [0.1, 0.15) is 0 Å². The molecule has 0 saturated carbocycles. The first kappa shape index (κ1) is 13.2. The first-order valence-corrected chi connectivity index (χ1v) is 5.30. The van der Waals surface area contributed by atoms with Crippen molar-refractivity contribution in [1.29, 1.82) is 0 Å². The predicted octanol–water partition coefficient (Wildman–Crippen LogP) is -0.299. The highest BCUT2D eigenvalue weighted by atomic mass is 16.5. The van der Waals surface area contributed by atoms with Gasteiger partial charge in [-0.3, -0.25) is 9.59 Å². The molecule has 0 aliphatic rings. The van der Waals surface area contributed by atoms with Crippen LogP contribution in [0.1, 0.15) is 5.56 Å². The van der Waals surface area contributed by atoms with Crippen LogP contribution in [-0.4, -0.2) is 38.6 Å². The summed E-state index contributed by atoms with van der Waals surface area (Å²) >= 11 is 0. The third kappa shape index (κ3) is 5.17. The lowest BCUT2D eigenvalue weighted by molar-refractivity contribution is -0.139. The minimum absolute atomic E-state index is 0.324. The Morgan fingerprint density at radius 2 is 2.00 bits per heavy atom. The molecule has 0 radical (unpaired) electrons. The first-order valence-electron chi connectivity index (χ1n) is 5.30. The summed E-state index contributed by atoms with van der Waals surface area (Å²) < 4.78 is 9.62. The molecule has 2 N–H and O–H groups in total. The van der Waals surface area contributed by atoms with E-state index < -0.39 is 11.8 Å². The predicted molar refractivity (Wildman–Crippen MR) is 60.3 cm³/mol. The van der Waals surface area contributed by atoms with Crippen molar-refractivity contribution in [2.24, 2.45) is 0 Å². The second-order valence-corrected chi connectivity index (χ2v) is 3.39. The zero-order valence-corrected chi connectivity index (χ0v) is 9.69. The zero-order chi connectivity index (χ0) is 12.5. The maximum atomic E-state index is 11.3. The molecule has 0 fully saturated rings. The van der Waals surface area contributed by atoms with Crippen LogP contribution in [0.4, 0.5) is 0 Å². The highest BCUT2D eigenvalue weighted by molar-refractivity contribution is 6.35. The van der Waals surface area contributed by atoms with Gasteiger partial charge in [-0.1, -0.05) is 0 Å². The number of furan rings is 1. The number of nitrogens with one attached hydrogen (secondary N) is 2. The second-order valence-electron chi connectivity index (χ2n) is 3.39. The number of methoxy groups -OCH3 is 1. The fourth-order valence-electron chi connectivity index (χ4n) is 1.18. The van der Waals surface area contributed by atoms with Crippen LogP contribution in [0.2, 0.25) is 0 Å². The van der Waals surface area contributed by atoms with Gasteiger partial charge in [-0.05, 0) is 18.1 Å². The molecule has 0 aliphatic carbocycles. The van der Waals surface area contributed by atoms with E-state index in [9.17, 15) is 9.59 Å². The Morgan fingerprint density at radius 1 is 1.29 bits per heavy atom. The molecule has 0 atom stereocenters. The standard InChI is InChI=1S/C11H16N2O4/c1-16-7-5-13-11(15)10(14)12-4-2-9-3-6-17-8-9/h3,6,8H,2,4-5,7H2,1H3,(H,12,14)(H,13,15). The molecule has 6 heteroatoms. The summed E-state index contributed by atoms with van der Waals surface area (Å²) in [6.45, 7) is 1.11. The van der Waals surface area contributed by atoms with Gasteiger partial charge >= 0.3 is 11.8 Å². The summed E-state index contributed by atoms with van der Waals surface area (Å²) in [6.07, 6.45) is 3.80. The smallest absolute Gasteiger partial charge is 0.309 e. The van der Waals surface area contributed by atoms with Gasteiger partial charge in [0, 0.05) is 20.2 Å². The SMILES string of the molecule is COCCNC(=O)C(=O)NCCc1ccoc1. The minimum atomic E-state index is -0.644. The topological polar surface area (TPSA) is 80.6 Å². The highest BCUT2D eigenvalue weighted by Gasteiger charge is 2.11. The van der Waals surface area contributed by atoms with E-state index >= 15 is 0 Å². The summed E-state index contributed by atoms with van der Waals surface area (Å²) in [5.41, 5.74) is 0.977. The summed E-state index contributed by atoms with van der Waals surface area (Å²) in [6, 6.07) is 1.81. The van der Waals surface area contributed by atoms with Gasteiger partial charge in [0.2, 0.25) is 0 Å². The third-order valence-corrected chi connectivity index (χ3v) is 2.08. The molecule has 6 nitrogen and oxygen atoms in total. The zero-order valence-electron chi connectivity index (χ0n) is 9.69. The molecule has 1 aromatic heterocycles.